The zero-order chi connectivity index (χ0) is 14.7. The van der Waals surface area contributed by atoms with Gasteiger partial charge in [0.25, 0.3) is 0 Å². The van der Waals surface area contributed by atoms with Crippen LogP contribution in [0.5, 0.6) is 0 Å². The summed E-state index contributed by atoms with van der Waals surface area (Å²) in [5, 5.41) is 14.3. The van der Waals surface area contributed by atoms with Crippen LogP contribution in [0, 0.1) is 5.92 Å². The number of hydrogen-bond donors (Lipinski definition) is 3. The minimum atomic E-state index is -0.764. The van der Waals surface area contributed by atoms with Gasteiger partial charge in [-0.3, -0.25) is 4.79 Å². The maximum atomic E-state index is 11.6. The van der Waals surface area contributed by atoms with E-state index in [1.165, 1.54) is 0 Å². The van der Waals surface area contributed by atoms with E-state index in [9.17, 15) is 9.59 Å². The van der Waals surface area contributed by atoms with Crippen LogP contribution < -0.4 is 10.6 Å². The van der Waals surface area contributed by atoms with E-state index in [0.717, 1.165) is 18.6 Å². The van der Waals surface area contributed by atoms with E-state index >= 15 is 0 Å². The molecule has 19 heavy (non-hydrogen) atoms. The zero-order valence-corrected chi connectivity index (χ0v) is 12.9. The normalized spacial score (nSPS) is 13.6. The molecule has 0 aliphatic rings. The highest BCUT2D eigenvalue weighted by molar-refractivity contribution is 7.98. The quantitative estimate of drug-likeness (QED) is 0.577. The molecule has 0 radical (unpaired) electrons. The average Bonchev–Trinajstić information content (AvgIpc) is 2.35. The molecule has 112 valence electrons. The van der Waals surface area contributed by atoms with Gasteiger partial charge in [-0.2, -0.15) is 11.8 Å². The molecule has 0 aliphatic heterocycles. The first-order valence-electron chi connectivity index (χ1n) is 6.74. The van der Waals surface area contributed by atoms with Gasteiger partial charge >= 0.3 is 12.0 Å². The Balaban J connectivity index is 3.69. The van der Waals surface area contributed by atoms with Crippen molar-refractivity contribution in [1.82, 2.24) is 10.6 Å². The van der Waals surface area contributed by atoms with Crippen LogP contribution in [0.25, 0.3) is 0 Å². The van der Waals surface area contributed by atoms with Gasteiger partial charge in [-0.15, -0.1) is 0 Å². The molecule has 2 atom stereocenters. The van der Waals surface area contributed by atoms with Crippen LogP contribution in [0.4, 0.5) is 4.79 Å². The Morgan fingerprint density at radius 3 is 2.53 bits per heavy atom. The fourth-order valence-corrected chi connectivity index (χ4v) is 2.37. The Labute approximate surface area is 119 Å². The van der Waals surface area contributed by atoms with Crippen LogP contribution in [0.1, 0.15) is 39.5 Å². The second-order valence-electron chi connectivity index (χ2n) is 4.79. The van der Waals surface area contributed by atoms with E-state index in [2.05, 4.69) is 17.6 Å². The first-order chi connectivity index (χ1) is 8.99. The van der Waals surface area contributed by atoms with Gasteiger partial charge in [0.2, 0.25) is 0 Å². The van der Waals surface area contributed by atoms with E-state index in [-0.39, 0.29) is 18.5 Å². The van der Waals surface area contributed by atoms with Gasteiger partial charge in [0.05, 0.1) is 0 Å². The number of nitrogens with one attached hydrogen (secondary N) is 2. The summed E-state index contributed by atoms with van der Waals surface area (Å²) in [4.78, 5) is 22.0. The maximum absolute atomic E-state index is 11.6. The monoisotopic (exact) mass is 290 g/mol. The molecule has 2 amide bonds. The SMILES string of the molecule is CCC(CSC)NC(=O)NCCC(C)CCC(=O)O. The van der Waals surface area contributed by atoms with Crippen molar-refractivity contribution in [3.8, 4) is 0 Å². The first-order valence-corrected chi connectivity index (χ1v) is 8.14. The molecular weight excluding hydrogens is 264 g/mol. The summed E-state index contributed by atoms with van der Waals surface area (Å²) in [7, 11) is 0. The summed E-state index contributed by atoms with van der Waals surface area (Å²) in [5.74, 6) is 0.462. The molecule has 0 spiro atoms. The number of carboxylic acid groups (broad SMARTS) is 1. The number of carbonyl (C=O) groups excluding carboxylic acids is 1. The Morgan fingerprint density at radius 2 is 2.00 bits per heavy atom. The van der Waals surface area contributed by atoms with Crippen molar-refractivity contribution in [1.29, 1.82) is 0 Å². The minimum absolute atomic E-state index is 0.133. The van der Waals surface area contributed by atoms with Crippen LogP contribution in [0.15, 0.2) is 0 Å². The number of rotatable bonds is 10. The van der Waals surface area contributed by atoms with Crippen LogP contribution in [-0.4, -0.2) is 41.7 Å². The molecular formula is C13H26N2O3S. The number of aliphatic carboxylic acids is 1. The van der Waals surface area contributed by atoms with Crippen molar-refractivity contribution in [3.63, 3.8) is 0 Å². The number of amides is 2. The molecule has 0 heterocycles. The summed E-state index contributed by atoms with van der Waals surface area (Å²) in [6.07, 6.45) is 4.59. The average molecular weight is 290 g/mol. The first kappa shape index (κ1) is 18.1. The van der Waals surface area contributed by atoms with Crippen molar-refractivity contribution in [2.45, 2.75) is 45.6 Å². The largest absolute Gasteiger partial charge is 0.481 e. The number of carbonyl (C=O) groups is 2. The molecule has 0 aliphatic carbocycles. The highest BCUT2D eigenvalue weighted by Gasteiger charge is 2.10. The number of hydrogen-bond acceptors (Lipinski definition) is 3. The molecule has 0 rings (SSSR count). The minimum Gasteiger partial charge on any atom is -0.481 e. The Hall–Kier alpha value is -0.910. The lowest BCUT2D eigenvalue weighted by Gasteiger charge is -2.17. The van der Waals surface area contributed by atoms with E-state index in [1.54, 1.807) is 11.8 Å². The lowest BCUT2D eigenvalue weighted by atomic mass is 10.0. The maximum Gasteiger partial charge on any atom is 0.315 e. The van der Waals surface area contributed by atoms with Gasteiger partial charge in [0.15, 0.2) is 0 Å². The molecule has 0 saturated heterocycles. The molecule has 5 nitrogen and oxygen atoms in total. The Kier molecular flexibility index (Phi) is 10.4. The van der Waals surface area contributed by atoms with Gasteiger partial charge in [-0.1, -0.05) is 13.8 Å². The van der Waals surface area contributed by atoms with Gasteiger partial charge in [0, 0.05) is 24.8 Å². The van der Waals surface area contributed by atoms with Gasteiger partial charge in [0.1, 0.15) is 0 Å². The molecule has 0 fully saturated rings. The van der Waals surface area contributed by atoms with E-state index in [1.807, 2.05) is 13.2 Å². The molecule has 0 aromatic heterocycles. The summed E-state index contributed by atoms with van der Waals surface area (Å²) >= 11 is 1.72. The van der Waals surface area contributed by atoms with Crippen LogP contribution in [0.2, 0.25) is 0 Å². The number of urea groups is 1. The highest BCUT2D eigenvalue weighted by Crippen LogP contribution is 2.09. The smallest absolute Gasteiger partial charge is 0.315 e. The molecule has 3 N–H and O–H groups in total. The topological polar surface area (TPSA) is 78.4 Å². The third kappa shape index (κ3) is 10.7. The molecule has 0 bridgehead atoms. The number of thioether (sulfide) groups is 1. The summed E-state index contributed by atoms with van der Waals surface area (Å²) in [5.41, 5.74) is 0. The standard InChI is InChI=1S/C13H26N2O3S/c1-4-11(9-19-3)15-13(18)14-8-7-10(2)5-6-12(16)17/h10-11H,4-9H2,1-3H3,(H,16,17)(H2,14,15,18). The van der Waals surface area contributed by atoms with Gasteiger partial charge in [-0.25, -0.2) is 4.79 Å². The fourth-order valence-electron chi connectivity index (χ4n) is 1.65. The van der Waals surface area contributed by atoms with Crippen LogP contribution in [0.3, 0.4) is 0 Å². The zero-order valence-electron chi connectivity index (χ0n) is 12.1. The molecule has 0 saturated carbocycles. The predicted molar refractivity (Wildman–Crippen MR) is 79.6 cm³/mol. The third-order valence-electron chi connectivity index (χ3n) is 2.97. The Morgan fingerprint density at radius 1 is 1.32 bits per heavy atom. The summed E-state index contributed by atoms with van der Waals surface area (Å²) < 4.78 is 0. The van der Waals surface area contributed by atoms with Gasteiger partial charge in [-0.05, 0) is 31.4 Å². The highest BCUT2D eigenvalue weighted by atomic mass is 32.2. The Bertz CT molecular complexity index is 275. The van der Waals surface area contributed by atoms with Crippen LogP contribution in [-0.2, 0) is 4.79 Å². The second kappa shape index (κ2) is 11.0. The van der Waals surface area contributed by atoms with Crippen molar-refractivity contribution in [2.75, 3.05) is 18.6 Å². The molecule has 0 aromatic rings. The third-order valence-corrected chi connectivity index (χ3v) is 3.71. The fraction of sp³-hybridized carbons (Fsp3) is 0.846. The lowest BCUT2D eigenvalue weighted by molar-refractivity contribution is -0.137. The predicted octanol–water partition coefficient (Wildman–Crippen LogP) is 2.32. The van der Waals surface area contributed by atoms with Crippen molar-refractivity contribution in [2.24, 2.45) is 5.92 Å². The van der Waals surface area contributed by atoms with Crippen molar-refractivity contribution < 1.29 is 14.7 Å². The van der Waals surface area contributed by atoms with Gasteiger partial charge < -0.3 is 15.7 Å². The van der Waals surface area contributed by atoms with E-state index in [0.29, 0.717) is 18.9 Å². The van der Waals surface area contributed by atoms with Crippen molar-refractivity contribution in [3.05, 3.63) is 0 Å². The summed E-state index contributed by atoms with van der Waals surface area (Å²) in [6.45, 7) is 4.64. The lowest BCUT2D eigenvalue weighted by Crippen LogP contribution is -2.43. The van der Waals surface area contributed by atoms with Crippen LogP contribution >= 0.6 is 11.8 Å². The molecule has 0 aromatic carbocycles. The summed E-state index contributed by atoms with van der Waals surface area (Å²) in [6, 6.07) is 0.0748. The molecule has 6 heteroatoms. The number of carboxylic acids is 1. The molecule has 2 unspecified atom stereocenters. The van der Waals surface area contributed by atoms with E-state index < -0.39 is 5.97 Å². The van der Waals surface area contributed by atoms with Crippen molar-refractivity contribution >= 4 is 23.8 Å². The van der Waals surface area contributed by atoms with E-state index in [4.69, 9.17) is 5.11 Å². The second-order valence-corrected chi connectivity index (χ2v) is 5.70.